The Balaban J connectivity index is 2.50. The Morgan fingerprint density at radius 1 is 1.41 bits per heavy atom. The fourth-order valence-corrected chi connectivity index (χ4v) is 2.58. The van der Waals surface area contributed by atoms with E-state index in [0.29, 0.717) is 5.57 Å². The van der Waals surface area contributed by atoms with Crippen LogP contribution in [0.25, 0.3) is 0 Å². The number of hydrogen-bond donors (Lipinski definition) is 2. The van der Waals surface area contributed by atoms with E-state index < -0.39 is 28.1 Å². The summed E-state index contributed by atoms with van der Waals surface area (Å²) in [4.78, 5) is 10.8. The molecule has 0 radical (unpaired) electrons. The van der Waals surface area contributed by atoms with Crippen molar-refractivity contribution >= 4 is 16.1 Å². The molecule has 2 rings (SSSR count). The van der Waals surface area contributed by atoms with E-state index in [2.05, 4.69) is 0 Å². The fourth-order valence-electron chi connectivity index (χ4n) is 1.90. The second-order valence-electron chi connectivity index (χ2n) is 3.94. The van der Waals surface area contributed by atoms with Crippen molar-refractivity contribution in [3.63, 3.8) is 0 Å². The molecule has 1 heterocycles. The summed E-state index contributed by atoms with van der Waals surface area (Å²) in [6.07, 6.45) is 3.29. The van der Waals surface area contributed by atoms with Gasteiger partial charge in [-0.05, 0) is 13.0 Å². The minimum absolute atomic E-state index is 0.115. The summed E-state index contributed by atoms with van der Waals surface area (Å²) in [5, 5.41) is 0. The molecular formula is C10H11NO5S. The highest BCUT2D eigenvalue weighted by molar-refractivity contribution is 7.90. The average molecular weight is 257 g/mol. The summed E-state index contributed by atoms with van der Waals surface area (Å²) in [6.45, 7) is 1.69. The highest BCUT2D eigenvalue weighted by Gasteiger charge is 2.34. The van der Waals surface area contributed by atoms with Gasteiger partial charge in [-0.2, -0.15) is 8.42 Å². The molecule has 92 valence electrons. The van der Waals surface area contributed by atoms with E-state index in [0.717, 1.165) is 0 Å². The molecule has 7 heteroatoms. The average Bonchev–Trinajstić information content (AvgIpc) is 2.13. The Kier molecular flexibility index (Phi) is 2.59. The van der Waals surface area contributed by atoms with Gasteiger partial charge >= 0.3 is 5.97 Å². The van der Waals surface area contributed by atoms with Crippen LogP contribution in [-0.4, -0.2) is 25.0 Å². The first-order chi connectivity index (χ1) is 7.79. The summed E-state index contributed by atoms with van der Waals surface area (Å²) >= 11 is 0. The van der Waals surface area contributed by atoms with Gasteiger partial charge in [0.1, 0.15) is 11.0 Å². The zero-order chi connectivity index (χ0) is 12.8. The second kappa shape index (κ2) is 3.71. The minimum Gasteiger partial charge on any atom is -0.454 e. The van der Waals surface area contributed by atoms with E-state index in [9.17, 15) is 13.2 Å². The summed E-state index contributed by atoms with van der Waals surface area (Å²) in [5.74, 6) is -0.895. The highest BCUT2D eigenvalue weighted by atomic mass is 32.2. The van der Waals surface area contributed by atoms with Crippen LogP contribution in [0.4, 0.5) is 0 Å². The third kappa shape index (κ3) is 2.11. The number of carbonyl (C=O) groups excluding carboxylic acids is 1. The molecule has 0 aromatic rings. The quantitative estimate of drug-likeness (QED) is 0.509. The largest absolute Gasteiger partial charge is 0.454 e. The number of nitrogens with two attached hydrogens (primary N) is 1. The van der Waals surface area contributed by atoms with E-state index in [1.54, 1.807) is 6.92 Å². The lowest BCUT2D eigenvalue weighted by molar-refractivity contribution is -0.143. The molecule has 0 fully saturated rings. The third-order valence-corrected chi connectivity index (χ3v) is 3.64. The fraction of sp³-hybridized carbons (Fsp3) is 0.300. The van der Waals surface area contributed by atoms with Gasteiger partial charge < -0.3 is 10.5 Å². The second-order valence-corrected chi connectivity index (χ2v) is 5.33. The molecule has 2 aliphatic rings. The van der Waals surface area contributed by atoms with Crippen LogP contribution in [0.2, 0.25) is 0 Å². The molecule has 0 amide bonds. The van der Waals surface area contributed by atoms with Crippen molar-refractivity contribution < 1.29 is 22.5 Å². The first-order valence-corrected chi connectivity index (χ1v) is 6.29. The Morgan fingerprint density at radius 3 is 2.65 bits per heavy atom. The van der Waals surface area contributed by atoms with Crippen molar-refractivity contribution in [2.45, 2.75) is 13.0 Å². The predicted molar refractivity (Wildman–Crippen MR) is 59.0 cm³/mol. The third-order valence-electron chi connectivity index (χ3n) is 2.71. The molecule has 0 bridgehead atoms. The molecule has 2 atom stereocenters. The predicted octanol–water partition coefficient (Wildman–Crippen LogP) is 0.102. The molecule has 0 saturated heterocycles. The highest BCUT2D eigenvalue weighted by Crippen LogP contribution is 2.32. The lowest BCUT2D eigenvalue weighted by atomic mass is 9.88. The number of hydrogen-bond acceptors (Lipinski definition) is 5. The van der Waals surface area contributed by atoms with E-state index in [1.807, 2.05) is 0 Å². The number of esters is 1. The zero-order valence-electron chi connectivity index (χ0n) is 8.95. The van der Waals surface area contributed by atoms with Crippen LogP contribution in [0.15, 0.2) is 34.4 Å². The molecule has 1 aliphatic carbocycles. The maximum Gasteiger partial charge on any atom is 0.331 e. The van der Waals surface area contributed by atoms with Gasteiger partial charge in [-0.25, -0.2) is 4.79 Å². The van der Waals surface area contributed by atoms with Crippen molar-refractivity contribution in [2.24, 2.45) is 11.7 Å². The van der Waals surface area contributed by atoms with Gasteiger partial charge in [-0.3, -0.25) is 4.55 Å². The van der Waals surface area contributed by atoms with Gasteiger partial charge in [-0.1, -0.05) is 11.6 Å². The molecular weight excluding hydrogens is 246 g/mol. The van der Waals surface area contributed by atoms with Gasteiger partial charge in [0.2, 0.25) is 0 Å². The van der Waals surface area contributed by atoms with Crippen LogP contribution in [0.5, 0.6) is 0 Å². The Labute approximate surface area is 98.2 Å². The number of fused-ring (bicyclic) bond motifs is 1. The van der Waals surface area contributed by atoms with Crippen molar-refractivity contribution in [2.75, 3.05) is 0 Å². The van der Waals surface area contributed by atoms with Crippen LogP contribution in [-0.2, 0) is 19.6 Å². The monoisotopic (exact) mass is 257 g/mol. The lowest BCUT2D eigenvalue weighted by Gasteiger charge is -2.30. The van der Waals surface area contributed by atoms with Gasteiger partial charge in [0, 0.05) is 12.0 Å². The molecule has 0 aromatic heterocycles. The maximum absolute atomic E-state index is 11.2. The van der Waals surface area contributed by atoms with Gasteiger partial charge in [-0.15, -0.1) is 0 Å². The van der Waals surface area contributed by atoms with E-state index >= 15 is 0 Å². The Bertz CT molecular complexity index is 570. The zero-order valence-corrected chi connectivity index (χ0v) is 9.77. The SMILES string of the molecule is CC1=CC(=O)OC2C=C(N)C(S(=O)(=O)O)=CC12. The van der Waals surface area contributed by atoms with Gasteiger partial charge in [0.25, 0.3) is 10.1 Å². The molecule has 2 unspecified atom stereocenters. The first kappa shape index (κ1) is 11.9. The number of ether oxygens (including phenoxy) is 1. The van der Waals surface area contributed by atoms with Crippen LogP contribution in [0.3, 0.4) is 0 Å². The molecule has 6 nitrogen and oxygen atoms in total. The topological polar surface area (TPSA) is 107 Å². The molecule has 3 N–H and O–H groups in total. The number of carbonyl (C=O) groups is 1. The van der Waals surface area contributed by atoms with Crippen molar-refractivity contribution in [3.8, 4) is 0 Å². The van der Waals surface area contributed by atoms with Crippen molar-refractivity contribution in [3.05, 3.63) is 34.4 Å². The molecule has 1 aliphatic heterocycles. The standard InChI is InChI=1S/C10H11NO5S/c1-5-2-10(12)16-8-4-7(11)9(3-6(5)8)17(13,14)15/h2-4,6,8H,11H2,1H3,(H,13,14,15). The van der Waals surface area contributed by atoms with Crippen LogP contribution in [0, 0.1) is 5.92 Å². The maximum atomic E-state index is 11.2. The minimum atomic E-state index is -4.36. The van der Waals surface area contributed by atoms with Crippen molar-refractivity contribution in [1.29, 1.82) is 0 Å². The summed E-state index contributed by atoms with van der Waals surface area (Å²) in [7, 11) is -4.36. The lowest BCUT2D eigenvalue weighted by Crippen LogP contribution is -2.33. The first-order valence-electron chi connectivity index (χ1n) is 4.85. The Morgan fingerprint density at radius 2 is 2.06 bits per heavy atom. The van der Waals surface area contributed by atoms with E-state index in [-0.39, 0.29) is 10.6 Å². The van der Waals surface area contributed by atoms with Gasteiger partial charge in [0.05, 0.1) is 5.70 Å². The smallest absolute Gasteiger partial charge is 0.331 e. The van der Waals surface area contributed by atoms with E-state index in [1.165, 1.54) is 18.2 Å². The summed E-state index contributed by atoms with van der Waals surface area (Å²) in [6, 6.07) is 0. The van der Waals surface area contributed by atoms with Crippen LogP contribution < -0.4 is 5.73 Å². The Hall–Kier alpha value is -1.60. The normalized spacial score (nSPS) is 28.6. The van der Waals surface area contributed by atoms with Crippen LogP contribution >= 0.6 is 0 Å². The molecule has 0 aromatic carbocycles. The van der Waals surface area contributed by atoms with Gasteiger partial charge in [0.15, 0.2) is 0 Å². The molecule has 0 saturated carbocycles. The number of rotatable bonds is 1. The van der Waals surface area contributed by atoms with Crippen LogP contribution in [0.1, 0.15) is 6.92 Å². The molecule has 0 spiro atoms. The summed E-state index contributed by atoms with van der Waals surface area (Å²) < 4.78 is 36.2. The van der Waals surface area contributed by atoms with Crippen molar-refractivity contribution in [1.82, 2.24) is 0 Å². The summed E-state index contributed by atoms with van der Waals surface area (Å²) in [5.41, 5.74) is 6.05. The van der Waals surface area contributed by atoms with E-state index in [4.69, 9.17) is 15.0 Å². The molecule has 17 heavy (non-hydrogen) atoms.